The van der Waals surface area contributed by atoms with E-state index in [4.69, 9.17) is 5.11 Å². The van der Waals surface area contributed by atoms with Crippen molar-refractivity contribution in [1.29, 1.82) is 0 Å². The van der Waals surface area contributed by atoms with Gasteiger partial charge < -0.3 is 10.4 Å². The van der Waals surface area contributed by atoms with E-state index in [-0.39, 0.29) is 17.8 Å². The number of halogens is 3. The van der Waals surface area contributed by atoms with E-state index in [1.54, 1.807) is 12.1 Å². The van der Waals surface area contributed by atoms with E-state index in [0.717, 1.165) is 12.1 Å². The molecule has 9 heteroatoms. The molecule has 0 aliphatic heterocycles. The van der Waals surface area contributed by atoms with E-state index in [1.165, 1.54) is 30.5 Å². The van der Waals surface area contributed by atoms with E-state index < -0.39 is 23.6 Å². The molecule has 2 aromatic carbocycles. The van der Waals surface area contributed by atoms with Gasteiger partial charge >= 0.3 is 12.1 Å². The normalized spacial score (nSPS) is 11.3. The molecule has 2 rings (SSSR count). The number of carbonyl (C=O) groups excluding carboxylic acids is 1. The third-order valence-electron chi connectivity index (χ3n) is 3.23. The Hall–Kier alpha value is -3.36. The quantitative estimate of drug-likeness (QED) is 0.542. The fourth-order valence-corrected chi connectivity index (χ4v) is 2.01. The monoisotopic (exact) mass is 365 g/mol. The summed E-state index contributed by atoms with van der Waals surface area (Å²) in [7, 11) is 0. The Morgan fingerprint density at radius 1 is 1.12 bits per heavy atom. The van der Waals surface area contributed by atoms with Crippen LogP contribution < -0.4 is 10.7 Å². The van der Waals surface area contributed by atoms with Crippen LogP contribution in [0, 0.1) is 0 Å². The summed E-state index contributed by atoms with van der Waals surface area (Å²) in [5.74, 6) is -1.74. The smallest absolute Gasteiger partial charge is 0.416 e. The largest absolute Gasteiger partial charge is 0.478 e. The molecule has 0 unspecified atom stereocenters. The van der Waals surface area contributed by atoms with Crippen LogP contribution in [0.15, 0.2) is 53.6 Å². The number of benzene rings is 2. The lowest BCUT2D eigenvalue weighted by molar-refractivity contribution is -0.137. The van der Waals surface area contributed by atoms with Crippen LogP contribution in [0.5, 0.6) is 0 Å². The molecule has 0 heterocycles. The highest BCUT2D eigenvalue weighted by Crippen LogP contribution is 2.30. The maximum absolute atomic E-state index is 12.6. The summed E-state index contributed by atoms with van der Waals surface area (Å²) >= 11 is 0. The number of hydrazone groups is 1. The Labute approximate surface area is 146 Å². The predicted octanol–water partition coefficient (Wildman–Crippen LogP) is 2.97. The van der Waals surface area contributed by atoms with Gasteiger partial charge in [0.1, 0.15) is 0 Å². The molecule has 0 bridgehead atoms. The van der Waals surface area contributed by atoms with Gasteiger partial charge in [0, 0.05) is 11.3 Å². The second kappa shape index (κ2) is 8.15. The van der Waals surface area contributed by atoms with Crippen LogP contribution in [0.25, 0.3) is 0 Å². The van der Waals surface area contributed by atoms with Crippen molar-refractivity contribution in [1.82, 2.24) is 5.43 Å². The van der Waals surface area contributed by atoms with Crippen molar-refractivity contribution in [3.05, 3.63) is 65.2 Å². The Bertz CT molecular complexity index is 835. The lowest BCUT2D eigenvalue weighted by atomic mass is 10.1. The van der Waals surface area contributed by atoms with Crippen LogP contribution in [-0.2, 0) is 11.0 Å². The number of carboxylic acid groups (broad SMARTS) is 1. The molecule has 136 valence electrons. The van der Waals surface area contributed by atoms with Gasteiger partial charge in [0.05, 0.1) is 23.9 Å². The van der Waals surface area contributed by atoms with Crippen LogP contribution >= 0.6 is 0 Å². The zero-order valence-corrected chi connectivity index (χ0v) is 13.2. The molecule has 0 spiro atoms. The first-order valence-electron chi connectivity index (χ1n) is 7.33. The van der Waals surface area contributed by atoms with Gasteiger partial charge in [0.2, 0.25) is 0 Å². The summed E-state index contributed by atoms with van der Waals surface area (Å²) in [4.78, 5) is 22.7. The van der Waals surface area contributed by atoms with Crippen molar-refractivity contribution in [3.63, 3.8) is 0 Å². The zero-order chi connectivity index (χ0) is 19.2. The van der Waals surface area contributed by atoms with Crippen LogP contribution in [0.3, 0.4) is 0 Å². The number of hydrogen-bond acceptors (Lipinski definition) is 4. The topological polar surface area (TPSA) is 90.8 Å². The zero-order valence-electron chi connectivity index (χ0n) is 13.2. The molecule has 26 heavy (non-hydrogen) atoms. The Morgan fingerprint density at radius 2 is 1.85 bits per heavy atom. The fourth-order valence-electron chi connectivity index (χ4n) is 2.01. The van der Waals surface area contributed by atoms with E-state index in [1.807, 2.05) is 0 Å². The first-order chi connectivity index (χ1) is 12.3. The summed E-state index contributed by atoms with van der Waals surface area (Å²) in [6, 6.07) is 10.5. The van der Waals surface area contributed by atoms with Gasteiger partial charge in [-0.25, -0.2) is 10.2 Å². The first kappa shape index (κ1) is 19.0. The van der Waals surface area contributed by atoms with Crippen LogP contribution in [0.2, 0.25) is 0 Å². The van der Waals surface area contributed by atoms with Gasteiger partial charge in [0.15, 0.2) is 0 Å². The van der Waals surface area contributed by atoms with E-state index >= 15 is 0 Å². The number of carbonyl (C=O) groups is 2. The minimum atomic E-state index is -4.47. The average Bonchev–Trinajstić information content (AvgIpc) is 2.60. The van der Waals surface area contributed by atoms with Crippen molar-refractivity contribution in [2.45, 2.75) is 6.18 Å². The molecule has 0 fully saturated rings. The van der Waals surface area contributed by atoms with Crippen molar-refractivity contribution >= 4 is 23.8 Å². The van der Waals surface area contributed by atoms with Crippen molar-refractivity contribution < 1.29 is 27.9 Å². The highest BCUT2D eigenvalue weighted by atomic mass is 19.4. The van der Waals surface area contributed by atoms with Crippen LogP contribution in [0.1, 0.15) is 21.5 Å². The molecule has 0 saturated heterocycles. The predicted molar refractivity (Wildman–Crippen MR) is 89.1 cm³/mol. The number of amides is 1. The maximum Gasteiger partial charge on any atom is 0.416 e. The summed E-state index contributed by atoms with van der Waals surface area (Å²) in [6.07, 6.45) is -3.30. The number of rotatable bonds is 6. The maximum atomic E-state index is 12.6. The summed E-state index contributed by atoms with van der Waals surface area (Å²) in [5, 5.41) is 15.2. The molecule has 2 aromatic rings. The Kier molecular flexibility index (Phi) is 5.94. The highest BCUT2D eigenvalue weighted by Gasteiger charge is 2.30. The minimum absolute atomic E-state index is 0.0209. The molecule has 0 radical (unpaired) electrons. The van der Waals surface area contributed by atoms with Gasteiger partial charge in [-0.15, -0.1) is 0 Å². The number of anilines is 1. The molecule has 0 atom stereocenters. The molecule has 3 N–H and O–H groups in total. The first-order valence-corrected chi connectivity index (χ1v) is 7.33. The molecular formula is C17H14F3N3O3. The number of alkyl halides is 3. The molecule has 0 saturated carbocycles. The molecule has 0 aliphatic carbocycles. The van der Waals surface area contributed by atoms with Crippen molar-refractivity contribution in [3.8, 4) is 0 Å². The molecule has 0 aromatic heterocycles. The van der Waals surface area contributed by atoms with Gasteiger partial charge in [-0.05, 0) is 24.3 Å². The SMILES string of the molecule is O=C(CNc1cccc(C(F)(F)F)c1)N/N=C\c1ccccc1C(=O)O. The summed E-state index contributed by atoms with van der Waals surface area (Å²) in [5.41, 5.74) is 1.79. The number of hydrogen-bond donors (Lipinski definition) is 3. The number of nitrogens with one attached hydrogen (secondary N) is 2. The van der Waals surface area contributed by atoms with Crippen molar-refractivity contribution in [2.75, 3.05) is 11.9 Å². The third kappa shape index (κ3) is 5.33. The molecule has 6 nitrogen and oxygen atoms in total. The molecular weight excluding hydrogens is 351 g/mol. The van der Waals surface area contributed by atoms with Gasteiger partial charge in [0.25, 0.3) is 5.91 Å². The standard InChI is InChI=1S/C17H14F3N3O3/c18-17(19,20)12-5-3-6-13(8-12)21-10-15(24)23-22-9-11-4-1-2-7-14(11)16(25)26/h1-9,21H,10H2,(H,23,24)(H,25,26)/b22-9-. The molecule has 0 aliphatic rings. The second-order valence-corrected chi connectivity index (χ2v) is 5.12. The van der Waals surface area contributed by atoms with E-state index in [2.05, 4.69) is 15.8 Å². The number of carboxylic acids is 1. The van der Waals surface area contributed by atoms with Crippen molar-refractivity contribution in [2.24, 2.45) is 5.10 Å². The van der Waals surface area contributed by atoms with Gasteiger partial charge in [-0.2, -0.15) is 18.3 Å². The summed E-state index contributed by atoms with van der Waals surface area (Å²) < 4.78 is 37.8. The Morgan fingerprint density at radius 3 is 2.54 bits per heavy atom. The Balaban J connectivity index is 1.91. The molecule has 1 amide bonds. The lowest BCUT2D eigenvalue weighted by Crippen LogP contribution is -2.26. The minimum Gasteiger partial charge on any atom is -0.478 e. The number of aromatic carboxylic acids is 1. The number of nitrogens with zero attached hydrogens (tertiary/aromatic N) is 1. The fraction of sp³-hybridized carbons (Fsp3) is 0.118. The van der Waals surface area contributed by atoms with Crippen LogP contribution in [0.4, 0.5) is 18.9 Å². The summed E-state index contributed by atoms with van der Waals surface area (Å²) in [6.45, 7) is -0.306. The van der Waals surface area contributed by atoms with Gasteiger partial charge in [-0.1, -0.05) is 24.3 Å². The van der Waals surface area contributed by atoms with Crippen LogP contribution in [-0.4, -0.2) is 29.7 Å². The second-order valence-electron chi connectivity index (χ2n) is 5.12. The lowest BCUT2D eigenvalue weighted by Gasteiger charge is -2.10. The third-order valence-corrected chi connectivity index (χ3v) is 3.23. The van der Waals surface area contributed by atoms with E-state index in [9.17, 15) is 22.8 Å². The van der Waals surface area contributed by atoms with Gasteiger partial charge in [-0.3, -0.25) is 4.79 Å². The average molecular weight is 365 g/mol. The van der Waals surface area contributed by atoms with E-state index in [0.29, 0.717) is 5.56 Å². The highest BCUT2D eigenvalue weighted by molar-refractivity contribution is 5.98.